The van der Waals surface area contributed by atoms with Gasteiger partial charge < -0.3 is 4.74 Å². The van der Waals surface area contributed by atoms with Crippen LogP contribution in [0.5, 0.6) is 5.75 Å². The van der Waals surface area contributed by atoms with Gasteiger partial charge in [0.15, 0.2) is 0 Å². The van der Waals surface area contributed by atoms with Crippen LogP contribution in [-0.4, -0.2) is 21.4 Å². The molecule has 1 amide bonds. The molecule has 0 atom stereocenters. The standard InChI is InChI=1S/C14H14ClN3O4S/c1-22-13-6-5-10(15)8-12(13)18-23(20,21)11-4-2-3-9(7-11)14(19)17-16/h2-8,18H,16H2,1H3,(H,17,19). The predicted octanol–water partition coefficient (Wildman–Crippen LogP) is 1.75. The molecule has 0 saturated heterocycles. The van der Waals surface area contributed by atoms with Crippen molar-refractivity contribution in [3.63, 3.8) is 0 Å². The number of nitrogens with one attached hydrogen (secondary N) is 2. The number of hydrazine groups is 1. The Morgan fingerprint density at radius 2 is 1.96 bits per heavy atom. The zero-order valence-electron chi connectivity index (χ0n) is 12.0. The van der Waals surface area contributed by atoms with Gasteiger partial charge in [-0.1, -0.05) is 17.7 Å². The summed E-state index contributed by atoms with van der Waals surface area (Å²) in [5.41, 5.74) is 2.25. The highest BCUT2D eigenvalue weighted by Crippen LogP contribution is 2.29. The largest absolute Gasteiger partial charge is 0.495 e. The monoisotopic (exact) mass is 355 g/mol. The summed E-state index contributed by atoms with van der Waals surface area (Å²) in [6, 6.07) is 9.99. The molecule has 0 aliphatic rings. The summed E-state index contributed by atoms with van der Waals surface area (Å²) in [7, 11) is -2.53. The molecule has 0 fully saturated rings. The molecule has 0 heterocycles. The Kier molecular flexibility index (Phi) is 5.09. The van der Waals surface area contributed by atoms with Crippen molar-refractivity contribution in [2.45, 2.75) is 4.90 Å². The third-order valence-corrected chi connectivity index (χ3v) is 4.54. The molecular weight excluding hydrogens is 342 g/mol. The highest BCUT2D eigenvalue weighted by Gasteiger charge is 2.18. The van der Waals surface area contributed by atoms with E-state index in [9.17, 15) is 13.2 Å². The summed E-state index contributed by atoms with van der Waals surface area (Å²) in [5, 5.41) is 0.347. The van der Waals surface area contributed by atoms with Crippen LogP contribution in [0.1, 0.15) is 10.4 Å². The van der Waals surface area contributed by atoms with E-state index in [1.165, 1.54) is 37.4 Å². The number of rotatable bonds is 5. The van der Waals surface area contributed by atoms with E-state index in [-0.39, 0.29) is 16.1 Å². The van der Waals surface area contributed by atoms with Crippen molar-refractivity contribution in [3.05, 3.63) is 53.1 Å². The molecule has 7 nitrogen and oxygen atoms in total. The molecule has 9 heteroatoms. The summed E-state index contributed by atoms with van der Waals surface area (Å²) in [6.45, 7) is 0. The molecule has 0 aliphatic heterocycles. The fourth-order valence-electron chi connectivity index (χ4n) is 1.85. The molecule has 23 heavy (non-hydrogen) atoms. The van der Waals surface area contributed by atoms with Gasteiger partial charge in [-0.05, 0) is 36.4 Å². The van der Waals surface area contributed by atoms with Crippen LogP contribution in [0.25, 0.3) is 0 Å². The number of hydrogen-bond donors (Lipinski definition) is 3. The molecule has 0 radical (unpaired) electrons. The van der Waals surface area contributed by atoms with E-state index in [0.29, 0.717) is 10.8 Å². The average Bonchev–Trinajstić information content (AvgIpc) is 2.54. The highest BCUT2D eigenvalue weighted by atomic mass is 35.5. The van der Waals surface area contributed by atoms with E-state index in [2.05, 4.69) is 4.72 Å². The number of carbonyl (C=O) groups excluding carboxylic acids is 1. The molecule has 0 bridgehead atoms. The van der Waals surface area contributed by atoms with Gasteiger partial charge in [-0.2, -0.15) is 0 Å². The molecule has 0 saturated carbocycles. The topological polar surface area (TPSA) is 111 Å². The maximum atomic E-state index is 12.5. The summed E-state index contributed by atoms with van der Waals surface area (Å²) in [4.78, 5) is 11.4. The van der Waals surface area contributed by atoms with Gasteiger partial charge in [0, 0.05) is 10.6 Å². The third-order valence-electron chi connectivity index (χ3n) is 2.94. The van der Waals surface area contributed by atoms with Crippen molar-refractivity contribution in [1.82, 2.24) is 5.43 Å². The number of methoxy groups -OCH3 is 1. The fourth-order valence-corrected chi connectivity index (χ4v) is 3.13. The third kappa shape index (κ3) is 3.92. The Bertz CT molecular complexity index is 840. The summed E-state index contributed by atoms with van der Waals surface area (Å²) >= 11 is 5.88. The highest BCUT2D eigenvalue weighted by molar-refractivity contribution is 7.92. The maximum absolute atomic E-state index is 12.5. The Morgan fingerprint density at radius 1 is 1.22 bits per heavy atom. The summed E-state index contributed by atoms with van der Waals surface area (Å²) < 4.78 is 32.4. The van der Waals surface area contributed by atoms with Gasteiger partial charge >= 0.3 is 0 Å². The second-order valence-electron chi connectivity index (χ2n) is 4.45. The smallest absolute Gasteiger partial charge is 0.265 e. The van der Waals surface area contributed by atoms with Gasteiger partial charge in [-0.15, -0.1) is 0 Å². The van der Waals surface area contributed by atoms with E-state index < -0.39 is 15.9 Å². The molecule has 4 N–H and O–H groups in total. The van der Waals surface area contributed by atoms with Crippen molar-refractivity contribution in [2.75, 3.05) is 11.8 Å². The Hall–Kier alpha value is -2.29. The first-order valence-electron chi connectivity index (χ1n) is 6.35. The minimum atomic E-state index is -3.94. The van der Waals surface area contributed by atoms with E-state index in [0.717, 1.165) is 0 Å². The number of amides is 1. The van der Waals surface area contributed by atoms with Crippen LogP contribution < -0.4 is 20.7 Å². The van der Waals surface area contributed by atoms with Crippen LogP contribution in [0.15, 0.2) is 47.4 Å². The lowest BCUT2D eigenvalue weighted by molar-refractivity contribution is 0.0953. The molecule has 122 valence electrons. The number of nitrogens with two attached hydrogens (primary N) is 1. The molecule has 0 unspecified atom stereocenters. The second kappa shape index (κ2) is 6.86. The Labute approximate surface area is 138 Å². The normalized spacial score (nSPS) is 10.9. The lowest BCUT2D eigenvalue weighted by atomic mass is 10.2. The molecule has 2 aromatic carbocycles. The number of nitrogen functional groups attached to an aromatic ring is 1. The van der Waals surface area contributed by atoms with Crippen molar-refractivity contribution >= 4 is 33.2 Å². The predicted molar refractivity (Wildman–Crippen MR) is 86.9 cm³/mol. The van der Waals surface area contributed by atoms with E-state index >= 15 is 0 Å². The number of halogens is 1. The van der Waals surface area contributed by atoms with E-state index in [1.807, 2.05) is 5.43 Å². The second-order valence-corrected chi connectivity index (χ2v) is 6.57. The lowest BCUT2D eigenvalue weighted by Gasteiger charge is -2.12. The number of ether oxygens (including phenoxy) is 1. The number of carbonyl (C=O) groups is 1. The molecule has 0 spiro atoms. The van der Waals surface area contributed by atoms with E-state index in [4.69, 9.17) is 22.2 Å². The van der Waals surface area contributed by atoms with Gasteiger partial charge in [0.1, 0.15) is 5.75 Å². The van der Waals surface area contributed by atoms with Crippen LogP contribution in [-0.2, 0) is 10.0 Å². The molecule has 0 aliphatic carbocycles. The zero-order chi connectivity index (χ0) is 17.0. The first-order chi connectivity index (χ1) is 10.9. The van der Waals surface area contributed by atoms with Crippen molar-refractivity contribution < 1.29 is 17.9 Å². The first-order valence-corrected chi connectivity index (χ1v) is 8.21. The number of sulfonamides is 1. The minimum Gasteiger partial charge on any atom is -0.495 e. The number of benzene rings is 2. The van der Waals surface area contributed by atoms with Crippen LogP contribution in [0.3, 0.4) is 0 Å². The van der Waals surface area contributed by atoms with Gasteiger partial charge in [0.05, 0.1) is 17.7 Å². The average molecular weight is 356 g/mol. The molecule has 2 aromatic rings. The van der Waals surface area contributed by atoms with Crippen molar-refractivity contribution in [1.29, 1.82) is 0 Å². The molecular formula is C14H14ClN3O4S. The minimum absolute atomic E-state index is 0.0966. The fraction of sp³-hybridized carbons (Fsp3) is 0.0714. The summed E-state index contributed by atoms with van der Waals surface area (Å²) in [6.07, 6.45) is 0. The zero-order valence-corrected chi connectivity index (χ0v) is 13.6. The number of hydrogen-bond acceptors (Lipinski definition) is 5. The van der Waals surface area contributed by atoms with Gasteiger partial charge in [-0.3, -0.25) is 14.9 Å². The maximum Gasteiger partial charge on any atom is 0.265 e. The Balaban J connectivity index is 2.40. The quantitative estimate of drug-likeness (QED) is 0.430. The van der Waals surface area contributed by atoms with Crippen LogP contribution in [0, 0.1) is 0 Å². The van der Waals surface area contributed by atoms with Crippen molar-refractivity contribution in [2.24, 2.45) is 5.84 Å². The first kappa shape index (κ1) is 17.1. The molecule has 0 aromatic heterocycles. The van der Waals surface area contributed by atoms with Crippen molar-refractivity contribution in [3.8, 4) is 5.75 Å². The molecule has 2 rings (SSSR count). The lowest BCUT2D eigenvalue weighted by Crippen LogP contribution is -2.30. The summed E-state index contributed by atoms with van der Waals surface area (Å²) in [5.74, 6) is 4.76. The SMILES string of the molecule is COc1ccc(Cl)cc1NS(=O)(=O)c1cccc(C(=O)NN)c1. The van der Waals surface area contributed by atoms with Crippen LogP contribution >= 0.6 is 11.6 Å². The van der Waals surface area contributed by atoms with Crippen LogP contribution in [0.4, 0.5) is 5.69 Å². The van der Waals surface area contributed by atoms with Gasteiger partial charge in [0.2, 0.25) is 0 Å². The Morgan fingerprint density at radius 3 is 2.61 bits per heavy atom. The van der Waals surface area contributed by atoms with Crippen LogP contribution in [0.2, 0.25) is 5.02 Å². The van der Waals surface area contributed by atoms with Gasteiger partial charge in [0.25, 0.3) is 15.9 Å². The number of anilines is 1. The van der Waals surface area contributed by atoms with E-state index in [1.54, 1.807) is 12.1 Å². The van der Waals surface area contributed by atoms with Gasteiger partial charge in [-0.25, -0.2) is 14.3 Å².